The third kappa shape index (κ3) is 3.40. The Hall–Kier alpha value is -3.40. The number of rotatable bonds is 6. The molecule has 0 saturated heterocycles. The van der Waals surface area contributed by atoms with Crippen molar-refractivity contribution in [3.8, 4) is 0 Å². The summed E-state index contributed by atoms with van der Waals surface area (Å²) < 4.78 is 9.59. The second-order valence-corrected chi connectivity index (χ2v) is 8.81. The molecular formula is C22H22BrN7O2. The monoisotopic (exact) mass is 495 g/mol. The average molecular weight is 496 g/mol. The van der Waals surface area contributed by atoms with E-state index in [0.29, 0.717) is 16.9 Å². The van der Waals surface area contributed by atoms with E-state index >= 15 is 0 Å². The lowest BCUT2D eigenvalue weighted by Gasteiger charge is -2.08. The Morgan fingerprint density at radius 1 is 1.06 bits per heavy atom. The Morgan fingerprint density at radius 2 is 1.84 bits per heavy atom. The van der Waals surface area contributed by atoms with E-state index in [1.165, 1.54) is 9.13 Å². The van der Waals surface area contributed by atoms with Gasteiger partial charge in [-0.1, -0.05) is 28.1 Å². The molecule has 0 atom stereocenters. The summed E-state index contributed by atoms with van der Waals surface area (Å²) in [5, 5.41) is 0. The van der Waals surface area contributed by atoms with Gasteiger partial charge in [-0.2, -0.15) is 4.98 Å². The third-order valence-electron chi connectivity index (χ3n) is 5.75. The third-order valence-corrected chi connectivity index (χ3v) is 6.28. The molecule has 0 fully saturated rings. The Bertz CT molecular complexity index is 1540. The number of aromatic nitrogens is 7. The smallest absolute Gasteiger partial charge is 0.332 e. The van der Waals surface area contributed by atoms with Crippen molar-refractivity contribution in [1.29, 1.82) is 0 Å². The predicted molar refractivity (Wildman–Crippen MR) is 125 cm³/mol. The van der Waals surface area contributed by atoms with Crippen molar-refractivity contribution in [2.24, 2.45) is 7.05 Å². The highest BCUT2D eigenvalue weighted by Crippen LogP contribution is 2.17. The van der Waals surface area contributed by atoms with Crippen molar-refractivity contribution in [3.63, 3.8) is 0 Å². The summed E-state index contributed by atoms with van der Waals surface area (Å²) in [5.41, 5.74) is 1.97. The van der Waals surface area contributed by atoms with Gasteiger partial charge in [0.25, 0.3) is 5.56 Å². The molecule has 0 amide bonds. The largest absolute Gasteiger partial charge is 0.337 e. The fourth-order valence-corrected chi connectivity index (χ4v) is 4.34. The number of fused-ring (bicyclic) bond motifs is 3. The van der Waals surface area contributed by atoms with E-state index in [2.05, 4.69) is 30.5 Å². The molecule has 0 aliphatic heterocycles. The van der Waals surface area contributed by atoms with Crippen molar-refractivity contribution in [2.45, 2.75) is 33.0 Å². The van der Waals surface area contributed by atoms with Gasteiger partial charge >= 0.3 is 5.69 Å². The molecule has 0 bridgehead atoms. The van der Waals surface area contributed by atoms with Crippen LogP contribution in [0.4, 0.5) is 0 Å². The number of nitrogens with zero attached hydrogens (tertiary/aromatic N) is 7. The van der Waals surface area contributed by atoms with Gasteiger partial charge in [-0.25, -0.2) is 9.78 Å². The second kappa shape index (κ2) is 7.94. The zero-order chi connectivity index (χ0) is 22.4. The van der Waals surface area contributed by atoms with Crippen LogP contribution in [-0.2, 0) is 26.7 Å². The maximum atomic E-state index is 13.4. The van der Waals surface area contributed by atoms with Gasteiger partial charge in [0, 0.05) is 48.9 Å². The number of benzene rings is 1. The normalized spacial score (nSPS) is 11.7. The lowest BCUT2D eigenvalue weighted by atomic mass is 10.2. The van der Waals surface area contributed by atoms with Crippen LogP contribution in [0.5, 0.6) is 0 Å². The molecule has 0 aliphatic carbocycles. The minimum absolute atomic E-state index is 0.201. The Labute approximate surface area is 191 Å². The van der Waals surface area contributed by atoms with Gasteiger partial charge in [0.2, 0.25) is 5.78 Å². The molecule has 9 nitrogen and oxygen atoms in total. The zero-order valence-corrected chi connectivity index (χ0v) is 19.4. The van der Waals surface area contributed by atoms with Crippen LogP contribution in [0.1, 0.15) is 17.7 Å². The molecule has 0 aliphatic rings. The van der Waals surface area contributed by atoms with Crippen LogP contribution in [0, 0.1) is 6.92 Å². The zero-order valence-electron chi connectivity index (χ0n) is 17.8. The van der Waals surface area contributed by atoms with Gasteiger partial charge in [-0.3, -0.25) is 18.3 Å². The molecule has 1 aromatic carbocycles. The van der Waals surface area contributed by atoms with Crippen LogP contribution in [0.15, 0.2) is 63.2 Å². The highest BCUT2D eigenvalue weighted by atomic mass is 79.9. The first-order valence-electron chi connectivity index (χ1n) is 10.3. The minimum Gasteiger partial charge on any atom is -0.337 e. The van der Waals surface area contributed by atoms with Crippen molar-refractivity contribution >= 4 is 32.9 Å². The van der Waals surface area contributed by atoms with Crippen LogP contribution in [0.2, 0.25) is 0 Å². The van der Waals surface area contributed by atoms with Crippen LogP contribution in [0.25, 0.3) is 16.9 Å². The van der Waals surface area contributed by atoms with E-state index in [9.17, 15) is 9.59 Å². The van der Waals surface area contributed by atoms with Crippen LogP contribution >= 0.6 is 15.9 Å². The van der Waals surface area contributed by atoms with Crippen LogP contribution < -0.4 is 11.2 Å². The van der Waals surface area contributed by atoms with E-state index in [0.717, 1.165) is 35.2 Å². The molecule has 4 aromatic heterocycles. The van der Waals surface area contributed by atoms with Gasteiger partial charge in [-0.15, -0.1) is 0 Å². The van der Waals surface area contributed by atoms with Gasteiger partial charge in [0.1, 0.15) is 0 Å². The van der Waals surface area contributed by atoms with E-state index in [-0.39, 0.29) is 17.8 Å². The molecule has 164 valence electrons. The molecule has 0 N–H and O–H groups in total. The number of hydrogen-bond acceptors (Lipinski definition) is 4. The summed E-state index contributed by atoms with van der Waals surface area (Å²) in [6, 6.07) is 7.58. The SMILES string of the molecule is Cc1cn2c3c(=O)n(Cc4ccc(Br)cc4)c(=O)n(C)c3nc2n1CCCn1ccnc1. The van der Waals surface area contributed by atoms with Gasteiger partial charge in [-0.05, 0) is 31.0 Å². The average Bonchev–Trinajstić information content (AvgIpc) is 3.48. The molecule has 32 heavy (non-hydrogen) atoms. The summed E-state index contributed by atoms with van der Waals surface area (Å²) in [7, 11) is 1.66. The number of imidazole rings is 3. The van der Waals surface area contributed by atoms with E-state index in [1.807, 2.05) is 52.6 Å². The molecule has 0 unspecified atom stereocenters. The molecule has 5 aromatic rings. The maximum Gasteiger partial charge on any atom is 0.332 e. The first kappa shape index (κ1) is 20.5. The standard InChI is InChI=1S/C22H22BrN7O2/c1-15-12-29-18-19(25-21(29)28(15)10-3-9-27-11-8-24-14-27)26(2)22(32)30(20(18)31)13-16-4-6-17(23)7-5-16/h4-8,11-12,14H,3,9-10,13H2,1-2H3. The fourth-order valence-electron chi connectivity index (χ4n) is 4.07. The summed E-state index contributed by atoms with van der Waals surface area (Å²) in [5.74, 6) is 0.664. The minimum atomic E-state index is -0.380. The lowest BCUT2D eigenvalue weighted by Crippen LogP contribution is -2.39. The lowest BCUT2D eigenvalue weighted by molar-refractivity contribution is 0.564. The van der Waals surface area contributed by atoms with E-state index in [4.69, 9.17) is 0 Å². The van der Waals surface area contributed by atoms with E-state index < -0.39 is 0 Å². The highest BCUT2D eigenvalue weighted by Gasteiger charge is 2.20. The van der Waals surface area contributed by atoms with Crippen molar-refractivity contribution < 1.29 is 0 Å². The van der Waals surface area contributed by atoms with Gasteiger partial charge in [0.05, 0.1) is 12.9 Å². The van der Waals surface area contributed by atoms with Gasteiger partial charge in [0.15, 0.2) is 11.2 Å². The Kier molecular flexibility index (Phi) is 5.09. The first-order chi connectivity index (χ1) is 15.4. The number of halogens is 1. The number of aryl methyl sites for hydroxylation is 4. The molecule has 0 spiro atoms. The van der Waals surface area contributed by atoms with Crippen LogP contribution in [0.3, 0.4) is 0 Å². The maximum absolute atomic E-state index is 13.4. The Balaban J connectivity index is 1.58. The molecular weight excluding hydrogens is 474 g/mol. The second-order valence-electron chi connectivity index (χ2n) is 7.89. The summed E-state index contributed by atoms with van der Waals surface area (Å²) >= 11 is 3.41. The van der Waals surface area contributed by atoms with Crippen molar-refractivity contribution in [1.82, 2.24) is 32.6 Å². The molecule has 4 heterocycles. The van der Waals surface area contributed by atoms with Crippen LogP contribution in [-0.4, -0.2) is 32.6 Å². The topological polar surface area (TPSA) is 84.0 Å². The number of hydrogen-bond donors (Lipinski definition) is 0. The molecule has 0 saturated carbocycles. The van der Waals surface area contributed by atoms with E-state index in [1.54, 1.807) is 19.6 Å². The summed E-state index contributed by atoms with van der Waals surface area (Å²) in [4.78, 5) is 35.1. The summed E-state index contributed by atoms with van der Waals surface area (Å²) in [6.07, 6.45) is 8.30. The van der Waals surface area contributed by atoms with Crippen molar-refractivity contribution in [3.05, 3.63) is 85.8 Å². The molecule has 10 heteroatoms. The predicted octanol–water partition coefficient (Wildman–Crippen LogP) is 2.56. The highest BCUT2D eigenvalue weighted by molar-refractivity contribution is 9.10. The first-order valence-corrected chi connectivity index (χ1v) is 11.1. The quantitative estimate of drug-likeness (QED) is 0.362. The van der Waals surface area contributed by atoms with Crippen molar-refractivity contribution in [2.75, 3.05) is 0 Å². The summed E-state index contributed by atoms with van der Waals surface area (Å²) in [6.45, 7) is 3.78. The molecule has 0 radical (unpaired) electrons. The van der Waals surface area contributed by atoms with Gasteiger partial charge < -0.3 is 9.13 Å². The molecule has 5 rings (SSSR count). The Morgan fingerprint density at radius 3 is 2.56 bits per heavy atom. The fraction of sp³-hybridized carbons (Fsp3) is 0.273.